The Morgan fingerprint density at radius 3 is 2.68 bits per heavy atom. The standard InChI is InChI=1S/C15H21N5O2/c1-4-5-6-7-16-13-9-12(17-11(3)18-13)15(21)19-14-8-10(2)22-20-14/h8-9H,4-7H2,1-3H3,(H,16,17,18)(H,19,20,21). The lowest BCUT2D eigenvalue weighted by Gasteiger charge is -2.08. The first kappa shape index (κ1) is 15.9. The van der Waals surface area contributed by atoms with Crippen molar-refractivity contribution >= 4 is 17.5 Å². The van der Waals surface area contributed by atoms with Gasteiger partial charge in [0.15, 0.2) is 5.82 Å². The van der Waals surface area contributed by atoms with E-state index in [1.54, 1.807) is 26.0 Å². The zero-order valence-electron chi connectivity index (χ0n) is 13.1. The number of hydrogen-bond acceptors (Lipinski definition) is 6. The molecule has 2 aromatic heterocycles. The van der Waals surface area contributed by atoms with Gasteiger partial charge in [0.1, 0.15) is 23.1 Å². The second-order valence-corrected chi connectivity index (χ2v) is 5.10. The number of aryl methyl sites for hydroxylation is 2. The van der Waals surface area contributed by atoms with E-state index < -0.39 is 0 Å². The highest BCUT2D eigenvalue weighted by Gasteiger charge is 2.12. The van der Waals surface area contributed by atoms with Crippen molar-refractivity contribution in [2.45, 2.75) is 40.0 Å². The van der Waals surface area contributed by atoms with Gasteiger partial charge in [0.05, 0.1) is 0 Å². The minimum atomic E-state index is -0.338. The molecule has 0 aliphatic heterocycles. The first-order valence-electron chi connectivity index (χ1n) is 7.42. The molecule has 0 bridgehead atoms. The lowest BCUT2D eigenvalue weighted by molar-refractivity contribution is 0.102. The van der Waals surface area contributed by atoms with Crippen LogP contribution in [0.5, 0.6) is 0 Å². The number of rotatable bonds is 7. The SMILES string of the molecule is CCCCCNc1cc(C(=O)Nc2cc(C)on2)nc(C)n1. The molecule has 0 fully saturated rings. The topological polar surface area (TPSA) is 92.9 Å². The van der Waals surface area contributed by atoms with E-state index in [1.807, 2.05) is 0 Å². The predicted octanol–water partition coefficient (Wildman–Crippen LogP) is 2.94. The normalized spacial score (nSPS) is 10.5. The van der Waals surface area contributed by atoms with Crippen LogP contribution in [0, 0.1) is 13.8 Å². The molecule has 2 N–H and O–H groups in total. The fraction of sp³-hybridized carbons (Fsp3) is 0.467. The summed E-state index contributed by atoms with van der Waals surface area (Å²) >= 11 is 0. The third kappa shape index (κ3) is 4.54. The molecular formula is C15H21N5O2. The number of anilines is 2. The van der Waals surface area contributed by atoms with Crippen molar-refractivity contribution in [2.75, 3.05) is 17.2 Å². The Morgan fingerprint density at radius 1 is 1.18 bits per heavy atom. The van der Waals surface area contributed by atoms with Crippen LogP contribution in [0.1, 0.15) is 48.3 Å². The molecule has 7 heteroatoms. The van der Waals surface area contributed by atoms with Gasteiger partial charge >= 0.3 is 0 Å². The summed E-state index contributed by atoms with van der Waals surface area (Å²) in [6.07, 6.45) is 3.39. The fourth-order valence-electron chi connectivity index (χ4n) is 1.97. The molecule has 0 atom stereocenters. The van der Waals surface area contributed by atoms with E-state index in [-0.39, 0.29) is 5.91 Å². The molecule has 0 unspecified atom stereocenters. The van der Waals surface area contributed by atoms with Crippen LogP contribution >= 0.6 is 0 Å². The molecule has 118 valence electrons. The Morgan fingerprint density at radius 2 is 2.00 bits per heavy atom. The van der Waals surface area contributed by atoms with E-state index in [0.29, 0.717) is 28.9 Å². The molecule has 0 aliphatic carbocycles. The molecule has 2 rings (SSSR count). The monoisotopic (exact) mass is 303 g/mol. The highest BCUT2D eigenvalue weighted by atomic mass is 16.5. The second kappa shape index (κ2) is 7.53. The lowest BCUT2D eigenvalue weighted by Crippen LogP contribution is -2.16. The Labute approximate surface area is 129 Å². The molecule has 7 nitrogen and oxygen atoms in total. The Hall–Kier alpha value is -2.44. The van der Waals surface area contributed by atoms with E-state index in [4.69, 9.17) is 4.52 Å². The minimum absolute atomic E-state index is 0.297. The van der Waals surface area contributed by atoms with Gasteiger partial charge in [0.2, 0.25) is 0 Å². The van der Waals surface area contributed by atoms with Gasteiger partial charge in [0.25, 0.3) is 5.91 Å². The molecular weight excluding hydrogens is 282 g/mol. The van der Waals surface area contributed by atoms with Gasteiger partial charge in [-0.3, -0.25) is 4.79 Å². The number of hydrogen-bond donors (Lipinski definition) is 2. The number of amides is 1. The Bertz CT molecular complexity index is 639. The number of unbranched alkanes of at least 4 members (excludes halogenated alkanes) is 2. The smallest absolute Gasteiger partial charge is 0.275 e. The van der Waals surface area contributed by atoms with Crippen molar-refractivity contribution in [3.05, 3.63) is 29.4 Å². The fourth-order valence-corrected chi connectivity index (χ4v) is 1.97. The van der Waals surface area contributed by atoms with Gasteiger partial charge in [-0.1, -0.05) is 24.9 Å². The summed E-state index contributed by atoms with van der Waals surface area (Å²) in [5.74, 6) is 1.87. The summed E-state index contributed by atoms with van der Waals surface area (Å²) < 4.78 is 4.91. The summed E-state index contributed by atoms with van der Waals surface area (Å²) in [5.41, 5.74) is 0.297. The van der Waals surface area contributed by atoms with Crippen molar-refractivity contribution < 1.29 is 9.32 Å². The van der Waals surface area contributed by atoms with Gasteiger partial charge in [-0.2, -0.15) is 0 Å². The van der Waals surface area contributed by atoms with E-state index in [2.05, 4.69) is 32.7 Å². The van der Waals surface area contributed by atoms with Crippen LogP contribution in [0.3, 0.4) is 0 Å². The zero-order valence-corrected chi connectivity index (χ0v) is 13.1. The maximum absolute atomic E-state index is 12.2. The third-order valence-electron chi connectivity index (χ3n) is 3.03. The van der Waals surface area contributed by atoms with E-state index in [9.17, 15) is 4.79 Å². The van der Waals surface area contributed by atoms with E-state index in [0.717, 1.165) is 25.8 Å². The maximum Gasteiger partial charge on any atom is 0.275 e. The number of nitrogens with zero attached hydrogens (tertiary/aromatic N) is 3. The lowest BCUT2D eigenvalue weighted by atomic mass is 10.2. The van der Waals surface area contributed by atoms with Crippen molar-refractivity contribution in [1.82, 2.24) is 15.1 Å². The molecule has 2 aromatic rings. The Balaban J connectivity index is 2.03. The first-order valence-corrected chi connectivity index (χ1v) is 7.42. The van der Waals surface area contributed by atoms with Gasteiger partial charge in [-0.05, 0) is 20.3 Å². The number of aromatic nitrogens is 3. The molecule has 2 heterocycles. The summed E-state index contributed by atoms with van der Waals surface area (Å²) in [5, 5.41) is 9.60. The van der Waals surface area contributed by atoms with Gasteiger partial charge in [-0.15, -0.1) is 0 Å². The summed E-state index contributed by atoms with van der Waals surface area (Å²) in [6.45, 7) is 6.50. The molecule has 0 saturated carbocycles. The quantitative estimate of drug-likeness (QED) is 0.764. The predicted molar refractivity (Wildman–Crippen MR) is 84.0 cm³/mol. The van der Waals surface area contributed by atoms with E-state index in [1.165, 1.54) is 0 Å². The largest absolute Gasteiger partial charge is 0.370 e. The summed E-state index contributed by atoms with van der Waals surface area (Å²) in [7, 11) is 0. The van der Waals surface area contributed by atoms with Crippen LogP contribution < -0.4 is 10.6 Å². The van der Waals surface area contributed by atoms with Crippen LogP contribution in [0.4, 0.5) is 11.6 Å². The highest BCUT2D eigenvalue weighted by Crippen LogP contribution is 2.11. The molecule has 0 aromatic carbocycles. The molecule has 0 aliphatic rings. The third-order valence-corrected chi connectivity index (χ3v) is 3.03. The van der Waals surface area contributed by atoms with Crippen molar-refractivity contribution in [2.24, 2.45) is 0 Å². The molecule has 1 amide bonds. The molecule has 0 radical (unpaired) electrons. The van der Waals surface area contributed by atoms with Crippen LogP contribution in [0.2, 0.25) is 0 Å². The average molecular weight is 303 g/mol. The van der Waals surface area contributed by atoms with Crippen molar-refractivity contribution in [3.8, 4) is 0 Å². The van der Waals surface area contributed by atoms with Crippen LogP contribution in [-0.4, -0.2) is 27.6 Å². The molecule has 0 spiro atoms. The second-order valence-electron chi connectivity index (χ2n) is 5.10. The minimum Gasteiger partial charge on any atom is -0.370 e. The Kier molecular flexibility index (Phi) is 5.46. The maximum atomic E-state index is 12.2. The van der Waals surface area contributed by atoms with Crippen LogP contribution in [0.15, 0.2) is 16.7 Å². The summed E-state index contributed by atoms with van der Waals surface area (Å²) in [4.78, 5) is 20.6. The number of carbonyl (C=O) groups excluding carboxylic acids is 1. The number of carbonyl (C=O) groups is 1. The zero-order chi connectivity index (χ0) is 15.9. The van der Waals surface area contributed by atoms with Crippen LogP contribution in [0.25, 0.3) is 0 Å². The first-order chi connectivity index (χ1) is 10.6. The summed E-state index contributed by atoms with van der Waals surface area (Å²) in [6, 6.07) is 3.29. The molecule has 22 heavy (non-hydrogen) atoms. The van der Waals surface area contributed by atoms with Crippen molar-refractivity contribution in [3.63, 3.8) is 0 Å². The van der Waals surface area contributed by atoms with Gasteiger partial charge < -0.3 is 15.2 Å². The van der Waals surface area contributed by atoms with Gasteiger partial charge in [0, 0.05) is 18.7 Å². The number of nitrogens with one attached hydrogen (secondary N) is 2. The van der Waals surface area contributed by atoms with Crippen molar-refractivity contribution in [1.29, 1.82) is 0 Å². The van der Waals surface area contributed by atoms with E-state index >= 15 is 0 Å². The highest BCUT2D eigenvalue weighted by molar-refractivity contribution is 6.02. The average Bonchev–Trinajstić information content (AvgIpc) is 2.88. The van der Waals surface area contributed by atoms with Gasteiger partial charge in [-0.25, -0.2) is 9.97 Å². The molecule has 0 saturated heterocycles. The van der Waals surface area contributed by atoms with Crippen LogP contribution in [-0.2, 0) is 0 Å².